The molecule has 0 aromatic carbocycles. The van der Waals surface area contributed by atoms with E-state index in [0.717, 1.165) is 12.8 Å². The highest BCUT2D eigenvalue weighted by Gasteiger charge is 2.29. The van der Waals surface area contributed by atoms with E-state index >= 15 is 0 Å². The van der Waals surface area contributed by atoms with Gasteiger partial charge in [-0.05, 0) is 25.0 Å². The Labute approximate surface area is 114 Å². The molecule has 2 rings (SSSR count). The van der Waals surface area contributed by atoms with Gasteiger partial charge in [0.05, 0.1) is 17.0 Å². The molecule has 1 aromatic heterocycles. The number of carbonyl (C=O) groups is 3. The zero-order valence-electron chi connectivity index (χ0n) is 10.4. The molecule has 0 spiro atoms. The fourth-order valence-corrected chi connectivity index (χ4v) is 2.23. The van der Waals surface area contributed by atoms with Crippen LogP contribution in [0.5, 0.6) is 0 Å². The van der Waals surface area contributed by atoms with Crippen LogP contribution >= 0.6 is 11.3 Å². The van der Waals surface area contributed by atoms with Crippen molar-refractivity contribution in [3.8, 4) is 0 Å². The van der Waals surface area contributed by atoms with E-state index in [2.05, 4.69) is 15.4 Å². The number of anilines is 1. The van der Waals surface area contributed by atoms with Crippen LogP contribution in [0.15, 0.2) is 12.1 Å². The first kappa shape index (κ1) is 13.5. The van der Waals surface area contributed by atoms with E-state index in [1.807, 2.05) is 0 Å². The maximum Gasteiger partial charge on any atom is 0.325 e. The van der Waals surface area contributed by atoms with Crippen molar-refractivity contribution in [3.63, 3.8) is 0 Å². The molecule has 2 amide bonds. The maximum atomic E-state index is 11.7. The molecule has 7 heteroatoms. The third-order valence-corrected chi connectivity index (χ3v) is 3.64. The van der Waals surface area contributed by atoms with Crippen molar-refractivity contribution in [1.29, 1.82) is 0 Å². The van der Waals surface area contributed by atoms with Gasteiger partial charge in [0.25, 0.3) is 5.91 Å². The van der Waals surface area contributed by atoms with Crippen molar-refractivity contribution < 1.29 is 19.1 Å². The molecule has 1 aliphatic carbocycles. The molecule has 1 aromatic rings. The first-order valence-electron chi connectivity index (χ1n) is 5.86. The number of esters is 1. The van der Waals surface area contributed by atoms with Crippen LogP contribution in [0.4, 0.5) is 5.00 Å². The molecule has 6 nitrogen and oxygen atoms in total. The van der Waals surface area contributed by atoms with Gasteiger partial charge < -0.3 is 15.4 Å². The van der Waals surface area contributed by atoms with Crippen LogP contribution in [0.25, 0.3) is 0 Å². The normalized spacial score (nSPS) is 13.7. The van der Waals surface area contributed by atoms with E-state index in [0.29, 0.717) is 9.88 Å². The number of thiophene rings is 1. The number of amides is 2. The second-order valence-electron chi connectivity index (χ2n) is 4.19. The second-order valence-corrected chi connectivity index (χ2v) is 5.27. The maximum absolute atomic E-state index is 11.7. The lowest BCUT2D eigenvalue weighted by Gasteiger charge is -2.01. The molecule has 1 saturated carbocycles. The lowest BCUT2D eigenvalue weighted by atomic mass is 10.4. The number of nitrogens with one attached hydrogen (secondary N) is 2. The van der Waals surface area contributed by atoms with Gasteiger partial charge in [-0.3, -0.25) is 14.4 Å². The quantitative estimate of drug-likeness (QED) is 0.789. The summed E-state index contributed by atoms with van der Waals surface area (Å²) in [5, 5.41) is 5.84. The predicted octanol–water partition coefficient (Wildman–Crippen LogP) is 0.999. The number of methoxy groups -OCH3 is 1. The summed E-state index contributed by atoms with van der Waals surface area (Å²) < 4.78 is 4.42. The minimum Gasteiger partial charge on any atom is -0.468 e. The molecule has 0 saturated heterocycles. The van der Waals surface area contributed by atoms with Gasteiger partial charge in [0.15, 0.2) is 0 Å². The summed E-state index contributed by atoms with van der Waals surface area (Å²) >= 11 is 1.18. The summed E-state index contributed by atoms with van der Waals surface area (Å²) in [6.45, 7) is -0.170. The highest BCUT2D eigenvalue weighted by molar-refractivity contribution is 7.18. The van der Waals surface area contributed by atoms with Gasteiger partial charge >= 0.3 is 5.97 Å². The first-order chi connectivity index (χ1) is 9.10. The number of ether oxygens (including phenoxy) is 1. The standard InChI is InChI=1S/C12H14N2O4S/c1-18-10(15)6-13-12(17)8-4-5-9(19-8)14-11(16)7-2-3-7/h4-5,7H,2-3,6H2,1H3,(H,13,17)(H,14,16). The molecule has 0 bridgehead atoms. The average molecular weight is 282 g/mol. The number of carbonyl (C=O) groups excluding carboxylic acids is 3. The Morgan fingerprint density at radius 3 is 2.74 bits per heavy atom. The van der Waals surface area contributed by atoms with E-state index in [1.54, 1.807) is 12.1 Å². The molecule has 0 atom stereocenters. The van der Waals surface area contributed by atoms with Gasteiger partial charge in [-0.25, -0.2) is 0 Å². The third kappa shape index (κ3) is 3.78. The van der Waals surface area contributed by atoms with Crippen molar-refractivity contribution >= 4 is 34.1 Å². The van der Waals surface area contributed by atoms with Crippen LogP contribution in [0.1, 0.15) is 22.5 Å². The molecule has 1 heterocycles. The van der Waals surface area contributed by atoms with E-state index in [9.17, 15) is 14.4 Å². The Bertz CT molecular complexity index is 508. The highest BCUT2D eigenvalue weighted by atomic mass is 32.1. The Morgan fingerprint density at radius 1 is 1.37 bits per heavy atom. The van der Waals surface area contributed by atoms with Crippen molar-refractivity contribution in [2.45, 2.75) is 12.8 Å². The summed E-state index contributed by atoms with van der Waals surface area (Å²) in [7, 11) is 1.26. The molecule has 0 aliphatic heterocycles. The molecule has 0 unspecified atom stereocenters. The molecule has 2 N–H and O–H groups in total. The molecular formula is C12H14N2O4S. The fraction of sp³-hybridized carbons (Fsp3) is 0.417. The van der Waals surface area contributed by atoms with E-state index < -0.39 is 5.97 Å². The summed E-state index contributed by atoms with van der Waals surface area (Å²) in [6.07, 6.45) is 1.87. The molecule has 1 aliphatic rings. The van der Waals surface area contributed by atoms with Crippen LogP contribution in [0.2, 0.25) is 0 Å². The second kappa shape index (κ2) is 5.83. The zero-order valence-corrected chi connectivity index (χ0v) is 11.2. The van der Waals surface area contributed by atoms with E-state index in [1.165, 1.54) is 18.4 Å². The Morgan fingerprint density at radius 2 is 2.11 bits per heavy atom. The Hall–Kier alpha value is -1.89. The van der Waals surface area contributed by atoms with Gasteiger partial charge in [-0.15, -0.1) is 11.3 Å². The van der Waals surface area contributed by atoms with Crippen molar-refractivity contribution in [1.82, 2.24) is 5.32 Å². The number of hydrogen-bond donors (Lipinski definition) is 2. The van der Waals surface area contributed by atoms with E-state index in [-0.39, 0.29) is 24.3 Å². The van der Waals surface area contributed by atoms with Crippen LogP contribution in [-0.4, -0.2) is 31.4 Å². The minimum absolute atomic E-state index is 0.00312. The minimum atomic E-state index is -0.507. The van der Waals surface area contributed by atoms with Crippen molar-refractivity contribution in [2.24, 2.45) is 5.92 Å². The van der Waals surface area contributed by atoms with Crippen molar-refractivity contribution in [2.75, 3.05) is 19.0 Å². The lowest BCUT2D eigenvalue weighted by molar-refractivity contribution is -0.139. The largest absolute Gasteiger partial charge is 0.468 e. The van der Waals surface area contributed by atoms with Crippen LogP contribution in [-0.2, 0) is 14.3 Å². The molecule has 0 radical (unpaired) electrons. The van der Waals surface area contributed by atoms with Gasteiger partial charge in [-0.2, -0.15) is 0 Å². The topological polar surface area (TPSA) is 84.5 Å². The highest BCUT2D eigenvalue weighted by Crippen LogP contribution is 2.31. The molecule has 19 heavy (non-hydrogen) atoms. The zero-order chi connectivity index (χ0) is 13.8. The summed E-state index contributed by atoms with van der Waals surface area (Å²) in [5.41, 5.74) is 0. The third-order valence-electron chi connectivity index (χ3n) is 2.65. The molecule has 102 valence electrons. The van der Waals surface area contributed by atoms with Gasteiger partial charge in [0, 0.05) is 5.92 Å². The number of rotatable bonds is 5. The first-order valence-corrected chi connectivity index (χ1v) is 6.67. The summed E-state index contributed by atoms with van der Waals surface area (Å²) in [5.74, 6) is -0.739. The fourth-order valence-electron chi connectivity index (χ4n) is 1.41. The smallest absolute Gasteiger partial charge is 0.325 e. The van der Waals surface area contributed by atoms with Crippen LogP contribution in [0.3, 0.4) is 0 Å². The average Bonchev–Trinajstić information content (AvgIpc) is 3.16. The predicted molar refractivity (Wildman–Crippen MR) is 70.0 cm³/mol. The monoisotopic (exact) mass is 282 g/mol. The Balaban J connectivity index is 1.86. The van der Waals surface area contributed by atoms with Crippen LogP contribution in [0, 0.1) is 5.92 Å². The van der Waals surface area contributed by atoms with Crippen molar-refractivity contribution in [3.05, 3.63) is 17.0 Å². The number of hydrogen-bond acceptors (Lipinski definition) is 5. The summed E-state index contributed by atoms with van der Waals surface area (Å²) in [6, 6.07) is 3.29. The van der Waals surface area contributed by atoms with E-state index in [4.69, 9.17) is 0 Å². The SMILES string of the molecule is COC(=O)CNC(=O)c1ccc(NC(=O)C2CC2)s1. The van der Waals surface area contributed by atoms with Gasteiger partial charge in [0.1, 0.15) is 6.54 Å². The van der Waals surface area contributed by atoms with Crippen LogP contribution < -0.4 is 10.6 Å². The summed E-state index contributed by atoms with van der Waals surface area (Å²) in [4.78, 5) is 34.6. The van der Waals surface area contributed by atoms with Gasteiger partial charge in [-0.1, -0.05) is 0 Å². The van der Waals surface area contributed by atoms with Gasteiger partial charge in [0.2, 0.25) is 5.91 Å². The Kier molecular flexibility index (Phi) is 4.16. The molecular weight excluding hydrogens is 268 g/mol. The molecule has 1 fully saturated rings. The lowest BCUT2D eigenvalue weighted by Crippen LogP contribution is -2.29.